The number of nitro groups is 1. The molecular formula is C12H13BrN4O4. The number of benzene rings is 1. The monoisotopic (exact) mass is 356 g/mol. The van der Waals surface area contributed by atoms with Crippen LogP contribution in [0, 0.1) is 10.1 Å². The minimum Gasteiger partial charge on any atom is -0.352 e. The van der Waals surface area contributed by atoms with E-state index in [1.54, 1.807) is 24.5 Å². The molecule has 112 valence electrons. The quantitative estimate of drug-likeness (QED) is 0.311. The fourth-order valence-electron chi connectivity index (χ4n) is 1.63. The van der Waals surface area contributed by atoms with Gasteiger partial charge >= 0.3 is 0 Å². The molecule has 0 spiro atoms. The first-order valence-electron chi connectivity index (χ1n) is 5.89. The van der Waals surface area contributed by atoms with Crippen molar-refractivity contribution < 1.29 is 14.7 Å². The molecule has 0 bridgehead atoms. The van der Waals surface area contributed by atoms with Gasteiger partial charge in [0.25, 0.3) is 5.69 Å². The van der Waals surface area contributed by atoms with E-state index in [0.29, 0.717) is 17.1 Å². The molecule has 1 aromatic carbocycles. The highest BCUT2D eigenvalue weighted by Crippen LogP contribution is 2.27. The first-order valence-corrected chi connectivity index (χ1v) is 6.68. The normalized spacial score (nSPS) is 13.6. The van der Waals surface area contributed by atoms with Gasteiger partial charge in [-0.05, 0) is 27.6 Å². The Balaban J connectivity index is 2.17. The molecule has 1 aromatic rings. The predicted molar refractivity (Wildman–Crippen MR) is 79.9 cm³/mol. The molecule has 0 atom stereocenters. The number of hydrogen-bond donors (Lipinski definition) is 3. The third-order valence-corrected chi connectivity index (χ3v) is 3.04. The molecule has 2 rings (SSSR count). The maximum atomic E-state index is 11.2. The van der Waals surface area contributed by atoms with Crippen molar-refractivity contribution in [2.45, 2.75) is 6.61 Å². The van der Waals surface area contributed by atoms with Gasteiger partial charge < -0.3 is 16.0 Å². The highest BCUT2D eigenvalue weighted by Gasteiger charge is 2.16. The van der Waals surface area contributed by atoms with Gasteiger partial charge in [0.2, 0.25) is 0 Å². The van der Waals surface area contributed by atoms with Gasteiger partial charge in [0.1, 0.15) is 18.1 Å². The second-order valence-electron chi connectivity index (χ2n) is 4.00. The smallest absolute Gasteiger partial charge is 0.293 e. The van der Waals surface area contributed by atoms with Gasteiger partial charge in [-0.15, -0.1) is 0 Å². The van der Waals surface area contributed by atoms with E-state index in [9.17, 15) is 10.1 Å². The first kappa shape index (κ1) is 15.3. The number of nitrogens with one attached hydrogen (secondary N) is 3. The summed E-state index contributed by atoms with van der Waals surface area (Å²) >= 11 is 3.25. The first-order chi connectivity index (χ1) is 10.1. The van der Waals surface area contributed by atoms with Gasteiger partial charge in [-0.25, -0.2) is 9.78 Å². The Kier molecular flexibility index (Phi) is 5.14. The Labute approximate surface area is 129 Å². The Morgan fingerprint density at radius 3 is 2.81 bits per heavy atom. The lowest BCUT2D eigenvalue weighted by molar-refractivity contribution is -0.384. The molecular weight excluding hydrogens is 344 g/mol. The average molecular weight is 357 g/mol. The molecule has 21 heavy (non-hydrogen) atoms. The third kappa shape index (κ3) is 4.18. The van der Waals surface area contributed by atoms with Crippen LogP contribution in [0.25, 0.3) is 0 Å². The van der Waals surface area contributed by atoms with E-state index >= 15 is 0 Å². The predicted octanol–water partition coefficient (Wildman–Crippen LogP) is 2.27. The molecule has 3 N–H and O–H groups in total. The molecule has 1 heterocycles. The fraction of sp³-hybridized carbons (Fsp3) is 0.167. The van der Waals surface area contributed by atoms with Crippen LogP contribution in [0.15, 0.2) is 41.0 Å². The summed E-state index contributed by atoms with van der Waals surface area (Å²) in [6.45, 7) is 0.135. The SMILES string of the molecule is COOCc1ccc(NC2=CNC(Br)=CN2)c([N+](=O)[O-])c1. The van der Waals surface area contributed by atoms with E-state index in [4.69, 9.17) is 4.89 Å². The van der Waals surface area contributed by atoms with Crippen molar-refractivity contribution >= 4 is 27.3 Å². The van der Waals surface area contributed by atoms with Crippen molar-refractivity contribution in [3.05, 3.63) is 56.7 Å². The molecule has 0 amide bonds. The molecule has 0 saturated heterocycles. The zero-order valence-electron chi connectivity index (χ0n) is 11.1. The van der Waals surface area contributed by atoms with Crippen LogP contribution in [-0.2, 0) is 16.4 Å². The van der Waals surface area contributed by atoms with Crippen LogP contribution in [0.1, 0.15) is 5.56 Å². The summed E-state index contributed by atoms with van der Waals surface area (Å²) in [4.78, 5) is 20.0. The number of rotatable bonds is 6. The van der Waals surface area contributed by atoms with Crippen molar-refractivity contribution in [2.24, 2.45) is 0 Å². The van der Waals surface area contributed by atoms with Gasteiger partial charge in [-0.2, -0.15) is 0 Å². The van der Waals surface area contributed by atoms with Crippen LogP contribution in [-0.4, -0.2) is 12.0 Å². The Hall–Kier alpha value is -2.10. The van der Waals surface area contributed by atoms with Crippen LogP contribution in [0.2, 0.25) is 0 Å². The van der Waals surface area contributed by atoms with Crippen LogP contribution < -0.4 is 16.0 Å². The maximum Gasteiger partial charge on any atom is 0.293 e. The fourth-order valence-corrected chi connectivity index (χ4v) is 1.86. The van der Waals surface area contributed by atoms with Gasteiger partial charge in [-0.1, -0.05) is 6.07 Å². The summed E-state index contributed by atoms with van der Waals surface area (Å²) in [7, 11) is 1.38. The van der Waals surface area contributed by atoms with Crippen LogP contribution >= 0.6 is 15.9 Å². The van der Waals surface area contributed by atoms with E-state index in [1.165, 1.54) is 13.2 Å². The van der Waals surface area contributed by atoms with E-state index in [0.717, 1.165) is 4.61 Å². The number of anilines is 1. The van der Waals surface area contributed by atoms with Crippen molar-refractivity contribution in [1.29, 1.82) is 0 Å². The molecule has 9 heteroatoms. The third-order valence-electron chi connectivity index (χ3n) is 2.58. The zero-order valence-corrected chi connectivity index (χ0v) is 12.6. The van der Waals surface area contributed by atoms with Crippen molar-refractivity contribution in [3.63, 3.8) is 0 Å². The lowest BCUT2D eigenvalue weighted by Gasteiger charge is -2.16. The van der Waals surface area contributed by atoms with E-state index in [2.05, 4.69) is 36.8 Å². The van der Waals surface area contributed by atoms with Crippen molar-refractivity contribution in [3.8, 4) is 0 Å². The second kappa shape index (κ2) is 7.07. The summed E-state index contributed by atoms with van der Waals surface area (Å²) in [5, 5.41) is 20.0. The van der Waals surface area contributed by atoms with E-state index in [1.807, 2.05) is 0 Å². The molecule has 0 unspecified atom stereocenters. The van der Waals surface area contributed by atoms with Crippen LogP contribution in [0.5, 0.6) is 0 Å². The summed E-state index contributed by atoms with van der Waals surface area (Å²) in [5.41, 5.74) is 0.956. The Morgan fingerprint density at radius 2 is 2.19 bits per heavy atom. The molecule has 0 saturated carbocycles. The van der Waals surface area contributed by atoms with Crippen LogP contribution in [0.3, 0.4) is 0 Å². The number of hydrogen-bond acceptors (Lipinski definition) is 7. The number of nitro benzene ring substituents is 1. The summed E-state index contributed by atoms with van der Waals surface area (Å²) < 4.78 is 0.759. The summed E-state index contributed by atoms with van der Waals surface area (Å²) in [6.07, 6.45) is 3.32. The topological polar surface area (TPSA) is 97.7 Å². The highest BCUT2D eigenvalue weighted by molar-refractivity contribution is 9.11. The standard InChI is InChI=1S/C12H13BrN4O4/c1-20-21-7-8-2-3-9(10(4-8)17(18)19)16-12-6-14-11(13)5-15-12/h2-6,14-16H,7H2,1H3. The van der Waals surface area contributed by atoms with E-state index in [-0.39, 0.29) is 12.3 Å². The zero-order chi connectivity index (χ0) is 15.2. The lowest BCUT2D eigenvalue weighted by atomic mass is 10.2. The van der Waals surface area contributed by atoms with Gasteiger partial charge in [0, 0.05) is 18.5 Å². The van der Waals surface area contributed by atoms with Crippen molar-refractivity contribution in [2.75, 3.05) is 12.4 Å². The molecule has 1 aliphatic rings. The van der Waals surface area contributed by atoms with E-state index < -0.39 is 4.92 Å². The number of nitrogens with zero attached hydrogens (tertiary/aromatic N) is 1. The van der Waals surface area contributed by atoms with Crippen LogP contribution in [0.4, 0.5) is 11.4 Å². The van der Waals surface area contributed by atoms with Gasteiger partial charge in [0.05, 0.1) is 16.6 Å². The number of halogens is 1. The van der Waals surface area contributed by atoms with Crippen molar-refractivity contribution in [1.82, 2.24) is 10.6 Å². The van der Waals surface area contributed by atoms with Gasteiger partial charge in [-0.3, -0.25) is 10.1 Å². The molecule has 8 nitrogen and oxygen atoms in total. The lowest BCUT2D eigenvalue weighted by Crippen LogP contribution is -2.23. The highest BCUT2D eigenvalue weighted by atomic mass is 79.9. The second-order valence-corrected chi connectivity index (χ2v) is 4.86. The molecule has 1 aliphatic heterocycles. The Bertz CT molecular complexity index is 603. The minimum absolute atomic E-state index is 0.0523. The Morgan fingerprint density at radius 1 is 1.38 bits per heavy atom. The largest absolute Gasteiger partial charge is 0.352 e. The molecule has 0 aliphatic carbocycles. The maximum absolute atomic E-state index is 11.2. The molecule has 0 radical (unpaired) electrons. The summed E-state index contributed by atoms with van der Waals surface area (Å²) in [5.74, 6) is 0.585. The van der Waals surface area contributed by atoms with Gasteiger partial charge in [0.15, 0.2) is 0 Å². The summed E-state index contributed by atoms with van der Waals surface area (Å²) in [6, 6.07) is 4.77. The molecule has 0 fully saturated rings. The molecule has 0 aromatic heterocycles. The average Bonchev–Trinajstić information content (AvgIpc) is 2.48. The minimum atomic E-state index is -0.457.